The van der Waals surface area contributed by atoms with Crippen LogP contribution in [0.5, 0.6) is 0 Å². The Kier molecular flexibility index (Phi) is 4.42. The highest BCUT2D eigenvalue weighted by atomic mass is 16.5. The average Bonchev–Trinajstić information content (AvgIpc) is 2.78. The first-order chi connectivity index (χ1) is 9.54. The van der Waals surface area contributed by atoms with Gasteiger partial charge in [-0.05, 0) is 32.1 Å². The second-order valence-electron chi connectivity index (χ2n) is 5.48. The van der Waals surface area contributed by atoms with Gasteiger partial charge in [-0.15, -0.1) is 0 Å². The van der Waals surface area contributed by atoms with Gasteiger partial charge in [-0.2, -0.15) is 4.98 Å². The van der Waals surface area contributed by atoms with Crippen molar-refractivity contribution in [3.63, 3.8) is 0 Å². The summed E-state index contributed by atoms with van der Waals surface area (Å²) in [4.78, 5) is 16.4. The van der Waals surface area contributed by atoms with E-state index < -0.39 is 11.5 Å². The highest BCUT2D eigenvalue weighted by Crippen LogP contribution is 2.43. The molecule has 0 radical (unpaired) electrons. The monoisotopic (exact) mass is 282 g/mol. The molecule has 1 aliphatic rings. The first kappa shape index (κ1) is 15.0. The van der Waals surface area contributed by atoms with Crippen molar-refractivity contribution in [1.29, 1.82) is 0 Å². The molecule has 1 saturated carbocycles. The van der Waals surface area contributed by atoms with Gasteiger partial charge in [-0.25, -0.2) is 0 Å². The molecule has 0 bridgehead atoms. The smallest absolute Gasteiger partial charge is 0.318 e. The SMILES string of the molecule is CCOC(=O)C(c1nc(C2(OC)CCC2)no1)C(C)C. The second kappa shape index (κ2) is 5.91. The second-order valence-corrected chi connectivity index (χ2v) is 5.48. The van der Waals surface area contributed by atoms with E-state index in [1.54, 1.807) is 14.0 Å². The van der Waals surface area contributed by atoms with Crippen molar-refractivity contribution < 1.29 is 18.8 Å². The van der Waals surface area contributed by atoms with E-state index in [2.05, 4.69) is 10.1 Å². The Morgan fingerprint density at radius 3 is 2.60 bits per heavy atom. The summed E-state index contributed by atoms with van der Waals surface area (Å²) in [6.07, 6.45) is 2.85. The molecule has 1 aromatic rings. The number of methoxy groups -OCH3 is 1. The van der Waals surface area contributed by atoms with Crippen LogP contribution >= 0.6 is 0 Å². The summed E-state index contributed by atoms with van der Waals surface area (Å²) in [5.41, 5.74) is -0.433. The van der Waals surface area contributed by atoms with Crippen LogP contribution in [-0.2, 0) is 19.9 Å². The third kappa shape index (κ3) is 2.57. The Morgan fingerprint density at radius 1 is 1.45 bits per heavy atom. The minimum absolute atomic E-state index is 0.0298. The number of carbonyl (C=O) groups is 1. The van der Waals surface area contributed by atoms with E-state index in [0.29, 0.717) is 18.3 Å². The molecular formula is C14H22N2O4. The molecular weight excluding hydrogens is 260 g/mol. The quantitative estimate of drug-likeness (QED) is 0.746. The molecule has 1 aliphatic carbocycles. The fraction of sp³-hybridized carbons (Fsp3) is 0.786. The van der Waals surface area contributed by atoms with Gasteiger partial charge in [0.05, 0.1) is 6.61 Å². The molecule has 1 unspecified atom stereocenters. The minimum Gasteiger partial charge on any atom is -0.465 e. The fourth-order valence-corrected chi connectivity index (χ4v) is 2.45. The van der Waals surface area contributed by atoms with Crippen molar-refractivity contribution in [2.75, 3.05) is 13.7 Å². The van der Waals surface area contributed by atoms with Gasteiger partial charge in [0.25, 0.3) is 0 Å². The predicted molar refractivity (Wildman–Crippen MR) is 71.0 cm³/mol. The highest BCUT2D eigenvalue weighted by Gasteiger charge is 2.44. The standard InChI is InChI=1S/C14H22N2O4/c1-5-19-12(17)10(9(2)3)11-15-13(16-20-11)14(18-4)7-6-8-14/h9-10H,5-8H2,1-4H3. The van der Waals surface area contributed by atoms with Gasteiger partial charge in [-0.3, -0.25) is 4.79 Å². The molecule has 0 amide bonds. The maximum atomic E-state index is 12.0. The zero-order valence-electron chi connectivity index (χ0n) is 12.5. The Labute approximate surface area is 118 Å². The van der Waals surface area contributed by atoms with Crippen molar-refractivity contribution >= 4 is 5.97 Å². The van der Waals surface area contributed by atoms with Crippen LogP contribution < -0.4 is 0 Å². The number of carbonyl (C=O) groups excluding carboxylic acids is 1. The molecule has 6 nitrogen and oxygen atoms in total. The predicted octanol–water partition coefficient (Wildman–Crippen LogP) is 2.40. The summed E-state index contributed by atoms with van der Waals surface area (Å²) in [7, 11) is 1.65. The number of hydrogen-bond donors (Lipinski definition) is 0. The van der Waals surface area contributed by atoms with Crippen LogP contribution in [0.3, 0.4) is 0 Å². The molecule has 1 fully saturated rings. The number of nitrogens with zero attached hydrogens (tertiary/aromatic N) is 2. The number of hydrogen-bond acceptors (Lipinski definition) is 6. The topological polar surface area (TPSA) is 74.5 Å². The van der Waals surface area contributed by atoms with Gasteiger partial charge in [0.1, 0.15) is 11.5 Å². The molecule has 2 rings (SSSR count). The van der Waals surface area contributed by atoms with Crippen molar-refractivity contribution in [3.05, 3.63) is 11.7 Å². The van der Waals surface area contributed by atoms with E-state index in [4.69, 9.17) is 14.0 Å². The molecule has 112 valence electrons. The van der Waals surface area contributed by atoms with Crippen molar-refractivity contribution in [2.45, 2.75) is 51.6 Å². The van der Waals surface area contributed by atoms with Gasteiger partial charge in [0, 0.05) is 7.11 Å². The summed E-state index contributed by atoms with van der Waals surface area (Å²) in [6.45, 7) is 5.98. The molecule has 0 aliphatic heterocycles. The zero-order valence-corrected chi connectivity index (χ0v) is 12.5. The summed E-state index contributed by atoms with van der Waals surface area (Å²) in [5.74, 6) is 0.0400. The number of esters is 1. The average molecular weight is 282 g/mol. The van der Waals surface area contributed by atoms with Crippen LogP contribution in [0.15, 0.2) is 4.52 Å². The lowest BCUT2D eigenvalue weighted by Gasteiger charge is -2.37. The largest absolute Gasteiger partial charge is 0.465 e. The molecule has 1 heterocycles. The summed E-state index contributed by atoms with van der Waals surface area (Å²) in [5, 5.41) is 4.01. The molecule has 0 N–H and O–H groups in total. The van der Waals surface area contributed by atoms with Crippen molar-refractivity contribution in [2.24, 2.45) is 5.92 Å². The Morgan fingerprint density at radius 2 is 2.15 bits per heavy atom. The molecule has 20 heavy (non-hydrogen) atoms. The third-order valence-electron chi connectivity index (χ3n) is 3.87. The van der Waals surface area contributed by atoms with Crippen LogP contribution in [0.2, 0.25) is 0 Å². The number of rotatable bonds is 6. The first-order valence-electron chi connectivity index (χ1n) is 7.10. The van der Waals surface area contributed by atoms with Crippen LogP contribution in [0.4, 0.5) is 0 Å². The fourth-order valence-electron chi connectivity index (χ4n) is 2.45. The van der Waals surface area contributed by atoms with Crippen LogP contribution in [0, 0.1) is 5.92 Å². The molecule has 0 saturated heterocycles. The van der Waals surface area contributed by atoms with Gasteiger partial charge in [0.2, 0.25) is 11.7 Å². The van der Waals surface area contributed by atoms with Gasteiger partial charge in [-0.1, -0.05) is 19.0 Å². The van der Waals surface area contributed by atoms with E-state index in [1.807, 2.05) is 13.8 Å². The minimum atomic E-state index is -0.523. The van der Waals surface area contributed by atoms with E-state index in [-0.39, 0.29) is 11.9 Å². The summed E-state index contributed by atoms with van der Waals surface area (Å²) >= 11 is 0. The van der Waals surface area contributed by atoms with Gasteiger partial charge in [0.15, 0.2) is 0 Å². The first-order valence-corrected chi connectivity index (χ1v) is 7.10. The summed E-state index contributed by atoms with van der Waals surface area (Å²) < 4.78 is 15.9. The maximum absolute atomic E-state index is 12.0. The number of ether oxygens (including phenoxy) is 2. The lowest BCUT2D eigenvalue weighted by atomic mass is 9.79. The number of aromatic nitrogens is 2. The van der Waals surface area contributed by atoms with Crippen LogP contribution in [0.25, 0.3) is 0 Å². The van der Waals surface area contributed by atoms with Crippen molar-refractivity contribution in [3.8, 4) is 0 Å². The molecule has 1 aromatic heterocycles. The van der Waals surface area contributed by atoms with E-state index >= 15 is 0 Å². The van der Waals surface area contributed by atoms with Gasteiger partial charge < -0.3 is 14.0 Å². The molecule has 0 aromatic carbocycles. The third-order valence-corrected chi connectivity index (χ3v) is 3.87. The van der Waals surface area contributed by atoms with E-state index in [1.165, 1.54) is 0 Å². The van der Waals surface area contributed by atoms with E-state index in [0.717, 1.165) is 19.3 Å². The Hall–Kier alpha value is -1.43. The Bertz CT molecular complexity index is 460. The molecule has 0 spiro atoms. The zero-order chi connectivity index (χ0) is 14.8. The highest BCUT2D eigenvalue weighted by molar-refractivity contribution is 5.77. The van der Waals surface area contributed by atoms with Gasteiger partial charge >= 0.3 is 5.97 Å². The lowest BCUT2D eigenvalue weighted by molar-refractivity contribution is -0.146. The lowest BCUT2D eigenvalue weighted by Crippen LogP contribution is -2.37. The summed E-state index contributed by atoms with van der Waals surface area (Å²) in [6, 6.07) is 0. The van der Waals surface area contributed by atoms with E-state index in [9.17, 15) is 4.79 Å². The van der Waals surface area contributed by atoms with Crippen LogP contribution in [-0.4, -0.2) is 29.8 Å². The normalized spacial score (nSPS) is 18.6. The van der Waals surface area contributed by atoms with Crippen LogP contribution in [0.1, 0.15) is 57.7 Å². The molecule has 6 heteroatoms. The maximum Gasteiger partial charge on any atom is 0.318 e. The Balaban J connectivity index is 2.23. The molecule has 1 atom stereocenters. The van der Waals surface area contributed by atoms with Crippen molar-refractivity contribution in [1.82, 2.24) is 10.1 Å².